The zero-order valence-electron chi connectivity index (χ0n) is 14.2. The lowest BCUT2D eigenvalue weighted by Gasteiger charge is -2.05. The van der Waals surface area contributed by atoms with Crippen molar-refractivity contribution in [3.8, 4) is 28.3 Å². The first kappa shape index (κ1) is 17.1. The molecular formula is C17H18N4O3S. The van der Waals surface area contributed by atoms with Crippen LogP contribution in [0.1, 0.15) is 6.92 Å². The van der Waals surface area contributed by atoms with Gasteiger partial charge in [0.25, 0.3) is 0 Å². The molecule has 0 spiro atoms. The Hall–Kier alpha value is -2.74. The largest absolute Gasteiger partial charge is 0.497 e. The van der Waals surface area contributed by atoms with Crippen molar-refractivity contribution in [2.75, 3.05) is 13.4 Å². The second kappa shape index (κ2) is 6.64. The fraction of sp³-hybridized carbons (Fsp3) is 0.235. The molecule has 0 aliphatic heterocycles. The van der Waals surface area contributed by atoms with Gasteiger partial charge in [0.1, 0.15) is 11.4 Å². The van der Waals surface area contributed by atoms with Gasteiger partial charge in [-0.2, -0.15) is 5.10 Å². The number of aryl methyl sites for hydroxylation is 1. The quantitative estimate of drug-likeness (QED) is 0.651. The number of sulfone groups is 1. The maximum atomic E-state index is 11.8. The van der Waals surface area contributed by atoms with Crippen LogP contribution in [0.25, 0.3) is 22.5 Å². The van der Waals surface area contributed by atoms with Crippen molar-refractivity contribution in [1.82, 2.24) is 19.7 Å². The minimum atomic E-state index is -3.49. The van der Waals surface area contributed by atoms with Crippen molar-refractivity contribution in [3.05, 3.63) is 42.7 Å². The molecule has 0 fully saturated rings. The van der Waals surface area contributed by atoms with Gasteiger partial charge in [-0.15, -0.1) is 0 Å². The summed E-state index contributed by atoms with van der Waals surface area (Å²) in [6.07, 6.45) is 4.38. The van der Waals surface area contributed by atoms with Gasteiger partial charge in [-0.05, 0) is 25.1 Å². The van der Waals surface area contributed by atoms with Crippen LogP contribution in [0.2, 0.25) is 0 Å². The summed E-state index contributed by atoms with van der Waals surface area (Å²) < 4.78 is 30.6. The molecule has 25 heavy (non-hydrogen) atoms. The van der Waals surface area contributed by atoms with Crippen LogP contribution in [0.3, 0.4) is 0 Å². The smallest absolute Gasteiger partial charge is 0.247 e. The molecule has 2 aromatic heterocycles. The minimum absolute atomic E-state index is 0.203. The number of nitrogens with zero attached hydrogens (tertiary/aromatic N) is 4. The maximum Gasteiger partial charge on any atom is 0.247 e. The first-order chi connectivity index (χ1) is 11.9. The van der Waals surface area contributed by atoms with E-state index in [2.05, 4.69) is 15.1 Å². The van der Waals surface area contributed by atoms with Crippen molar-refractivity contribution < 1.29 is 13.2 Å². The summed E-state index contributed by atoms with van der Waals surface area (Å²) in [6, 6.07) is 9.21. The fourth-order valence-corrected chi connectivity index (χ4v) is 2.94. The van der Waals surface area contributed by atoms with Crippen LogP contribution in [0.15, 0.2) is 47.9 Å². The highest BCUT2D eigenvalue weighted by atomic mass is 32.2. The molecule has 0 aliphatic carbocycles. The lowest BCUT2D eigenvalue weighted by Crippen LogP contribution is -2.04. The Kier molecular flexibility index (Phi) is 4.54. The Morgan fingerprint density at radius 3 is 2.72 bits per heavy atom. The van der Waals surface area contributed by atoms with Gasteiger partial charge in [0, 0.05) is 36.3 Å². The summed E-state index contributed by atoms with van der Waals surface area (Å²) in [4.78, 5) is 8.05. The zero-order valence-corrected chi connectivity index (χ0v) is 15.0. The third-order valence-electron chi connectivity index (χ3n) is 3.67. The Morgan fingerprint density at radius 1 is 1.24 bits per heavy atom. The summed E-state index contributed by atoms with van der Waals surface area (Å²) in [5, 5.41) is 4.39. The third kappa shape index (κ3) is 3.53. The second-order valence-electron chi connectivity index (χ2n) is 5.48. The van der Waals surface area contributed by atoms with Crippen molar-refractivity contribution in [1.29, 1.82) is 0 Å². The Balaban J connectivity index is 2.18. The standard InChI is InChI=1S/C17H18N4O3S/c1-4-21-11-14(15-8-9-18-17(19-15)25(3,22)23)16(20-21)12-6-5-7-13(10-12)24-2/h5-11H,4H2,1-3H3. The van der Waals surface area contributed by atoms with E-state index < -0.39 is 9.84 Å². The summed E-state index contributed by atoms with van der Waals surface area (Å²) in [5.74, 6) is 0.717. The Labute approximate surface area is 146 Å². The summed E-state index contributed by atoms with van der Waals surface area (Å²) >= 11 is 0. The molecule has 1 aromatic carbocycles. The summed E-state index contributed by atoms with van der Waals surface area (Å²) in [6.45, 7) is 2.66. The molecule has 7 nitrogen and oxygen atoms in total. The van der Waals surface area contributed by atoms with Crippen LogP contribution in [-0.4, -0.2) is 41.5 Å². The van der Waals surface area contributed by atoms with E-state index in [4.69, 9.17) is 4.74 Å². The maximum absolute atomic E-state index is 11.8. The average Bonchev–Trinajstić information content (AvgIpc) is 3.06. The molecule has 0 amide bonds. The minimum Gasteiger partial charge on any atom is -0.497 e. The molecule has 0 radical (unpaired) electrons. The molecule has 0 atom stereocenters. The third-order valence-corrected chi connectivity index (χ3v) is 4.53. The number of hydrogen-bond donors (Lipinski definition) is 0. The fourth-order valence-electron chi connectivity index (χ4n) is 2.42. The summed E-state index contributed by atoms with van der Waals surface area (Å²) in [5.41, 5.74) is 2.82. The normalized spacial score (nSPS) is 11.5. The van der Waals surface area contributed by atoms with Gasteiger partial charge in [0.05, 0.1) is 12.8 Å². The van der Waals surface area contributed by atoms with Gasteiger partial charge in [0.15, 0.2) is 0 Å². The van der Waals surface area contributed by atoms with E-state index in [1.807, 2.05) is 37.4 Å². The van der Waals surface area contributed by atoms with Crippen LogP contribution in [0, 0.1) is 0 Å². The predicted molar refractivity (Wildman–Crippen MR) is 94.0 cm³/mol. The van der Waals surface area contributed by atoms with Crippen molar-refractivity contribution in [2.24, 2.45) is 0 Å². The van der Waals surface area contributed by atoms with E-state index in [0.29, 0.717) is 23.7 Å². The topological polar surface area (TPSA) is 87.0 Å². The molecule has 0 bridgehead atoms. The molecule has 0 unspecified atom stereocenters. The number of methoxy groups -OCH3 is 1. The Bertz CT molecular complexity index is 1010. The predicted octanol–water partition coefficient (Wildman–Crippen LogP) is 2.44. The van der Waals surface area contributed by atoms with E-state index in [-0.39, 0.29) is 5.16 Å². The van der Waals surface area contributed by atoms with Gasteiger partial charge in [-0.25, -0.2) is 18.4 Å². The second-order valence-corrected chi connectivity index (χ2v) is 7.39. The molecule has 130 valence electrons. The van der Waals surface area contributed by atoms with E-state index >= 15 is 0 Å². The molecule has 0 N–H and O–H groups in total. The molecular weight excluding hydrogens is 340 g/mol. The number of benzene rings is 1. The number of hydrogen-bond acceptors (Lipinski definition) is 6. The summed E-state index contributed by atoms with van der Waals surface area (Å²) in [7, 11) is -1.89. The van der Waals surface area contributed by atoms with Crippen LogP contribution < -0.4 is 4.74 Å². The monoisotopic (exact) mass is 358 g/mol. The SMILES string of the molecule is CCn1cc(-c2ccnc(S(C)(=O)=O)n2)c(-c2cccc(OC)c2)n1. The van der Waals surface area contributed by atoms with Gasteiger partial charge < -0.3 is 4.74 Å². The highest BCUT2D eigenvalue weighted by Gasteiger charge is 2.17. The van der Waals surface area contributed by atoms with Crippen LogP contribution in [-0.2, 0) is 16.4 Å². The average molecular weight is 358 g/mol. The highest BCUT2D eigenvalue weighted by Crippen LogP contribution is 2.31. The van der Waals surface area contributed by atoms with Crippen molar-refractivity contribution in [3.63, 3.8) is 0 Å². The molecule has 3 aromatic rings. The number of aromatic nitrogens is 4. The van der Waals surface area contributed by atoms with Crippen LogP contribution in [0.5, 0.6) is 5.75 Å². The molecule has 8 heteroatoms. The molecule has 0 aliphatic rings. The van der Waals surface area contributed by atoms with E-state index in [9.17, 15) is 8.42 Å². The Morgan fingerprint density at radius 2 is 2.04 bits per heavy atom. The first-order valence-corrected chi connectivity index (χ1v) is 9.57. The number of rotatable bonds is 5. The number of ether oxygens (including phenoxy) is 1. The van der Waals surface area contributed by atoms with Gasteiger partial charge in [-0.3, -0.25) is 4.68 Å². The van der Waals surface area contributed by atoms with E-state index in [1.165, 1.54) is 6.20 Å². The lowest BCUT2D eigenvalue weighted by atomic mass is 10.1. The van der Waals surface area contributed by atoms with Crippen molar-refractivity contribution >= 4 is 9.84 Å². The first-order valence-electron chi connectivity index (χ1n) is 7.67. The van der Waals surface area contributed by atoms with Crippen molar-refractivity contribution in [2.45, 2.75) is 18.6 Å². The molecule has 0 saturated heterocycles. The van der Waals surface area contributed by atoms with Gasteiger partial charge >= 0.3 is 0 Å². The highest BCUT2D eigenvalue weighted by molar-refractivity contribution is 7.90. The van der Waals surface area contributed by atoms with Crippen LogP contribution in [0.4, 0.5) is 0 Å². The molecule has 3 rings (SSSR count). The van der Waals surface area contributed by atoms with Gasteiger partial charge in [0.2, 0.25) is 15.0 Å². The molecule has 0 saturated carbocycles. The molecule has 2 heterocycles. The van der Waals surface area contributed by atoms with E-state index in [0.717, 1.165) is 17.4 Å². The lowest BCUT2D eigenvalue weighted by molar-refractivity contribution is 0.415. The van der Waals surface area contributed by atoms with Crippen LogP contribution >= 0.6 is 0 Å². The van der Waals surface area contributed by atoms with E-state index in [1.54, 1.807) is 17.9 Å². The van der Waals surface area contributed by atoms with Gasteiger partial charge in [-0.1, -0.05) is 12.1 Å². The zero-order chi connectivity index (χ0) is 18.0.